The highest BCUT2D eigenvalue weighted by Crippen LogP contribution is 2.41. The van der Waals surface area contributed by atoms with E-state index in [1.807, 2.05) is 16.7 Å². The zero-order chi connectivity index (χ0) is 16.8. The minimum absolute atomic E-state index is 0.318. The summed E-state index contributed by atoms with van der Waals surface area (Å²) in [6.45, 7) is 3.41. The van der Waals surface area contributed by atoms with Gasteiger partial charge in [-0.15, -0.1) is 0 Å². The molecule has 23 heavy (non-hydrogen) atoms. The number of aromatic nitrogens is 2. The van der Waals surface area contributed by atoms with Crippen molar-refractivity contribution in [2.75, 3.05) is 14.2 Å². The maximum Gasteiger partial charge on any atom is 0.329 e. The smallest absolute Gasteiger partial charge is 0.329 e. The predicted octanol–water partition coefficient (Wildman–Crippen LogP) is 3.14. The van der Waals surface area contributed by atoms with E-state index in [2.05, 4.69) is 0 Å². The van der Waals surface area contributed by atoms with Crippen LogP contribution in [-0.2, 0) is 10.3 Å². The summed E-state index contributed by atoms with van der Waals surface area (Å²) in [5.41, 5.74) is 0.412. The molecule has 1 saturated carbocycles. The van der Waals surface area contributed by atoms with Crippen LogP contribution in [0.4, 0.5) is 0 Å². The van der Waals surface area contributed by atoms with Crippen LogP contribution in [0.25, 0.3) is 11.0 Å². The molecule has 3 rings (SSSR count). The van der Waals surface area contributed by atoms with Gasteiger partial charge in [-0.05, 0) is 26.7 Å². The molecule has 1 fully saturated rings. The zero-order valence-electron chi connectivity index (χ0n) is 13.9. The molecule has 0 atom stereocenters. The van der Waals surface area contributed by atoms with Crippen molar-refractivity contribution in [2.24, 2.45) is 0 Å². The molecule has 0 radical (unpaired) electrons. The van der Waals surface area contributed by atoms with Gasteiger partial charge >= 0.3 is 5.97 Å². The number of carboxylic acid groups (broad SMARTS) is 1. The lowest BCUT2D eigenvalue weighted by molar-refractivity contribution is -0.145. The maximum absolute atomic E-state index is 11.8. The van der Waals surface area contributed by atoms with Gasteiger partial charge < -0.3 is 19.1 Å². The first kappa shape index (κ1) is 15.6. The first-order valence-corrected chi connectivity index (χ1v) is 7.78. The Morgan fingerprint density at radius 3 is 2.35 bits per heavy atom. The highest BCUT2D eigenvalue weighted by Gasteiger charge is 2.37. The van der Waals surface area contributed by atoms with E-state index in [-0.39, 0.29) is 0 Å². The summed E-state index contributed by atoms with van der Waals surface area (Å²) in [4.78, 5) is 16.5. The minimum Gasteiger partial charge on any atom is -0.493 e. The second-order valence-electron chi connectivity index (χ2n) is 6.49. The molecule has 1 aromatic heterocycles. The fourth-order valence-corrected chi connectivity index (χ4v) is 3.05. The molecule has 1 heterocycles. The van der Waals surface area contributed by atoms with Gasteiger partial charge in [-0.3, -0.25) is 0 Å². The van der Waals surface area contributed by atoms with Gasteiger partial charge in [-0.2, -0.15) is 0 Å². The summed E-state index contributed by atoms with van der Waals surface area (Å²) >= 11 is 0. The minimum atomic E-state index is -1.08. The van der Waals surface area contributed by atoms with E-state index < -0.39 is 11.5 Å². The lowest BCUT2D eigenvalue weighted by Crippen LogP contribution is -2.37. The van der Waals surface area contributed by atoms with Crippen molar-refractivity contribution in [1.82, 2.24) is 9.55 Å². The average molecular weight is 318 g/mol. The molecule has 124 valence electrons. The van der Waals surface area contributed by atoms with Gasteiger partial charge in [-0.1, -0.05) is 6.42 Å². The lowest BCUT2D eigenvalue weighted by Gasteiger charge is -2.31. The van der Waals surface area contributed by atoms with E-state index in [1.54, 1.807) is 28.1 Å². The zero-order valence-corrected chi connectivity index (χ0v) is 13.9. The molecule has 6 nitrogen and oxygen atoms in total. The predicted molar refractivity (Wildman–Crippen MR) is 86.4 cm³/mol. The quantitative estimate of drug-likeness (QED) is 0.917. The van der Waals surface area contributed by atoms with Gasteiger partial charge in [0, 0.05) is 18.1 Å². The van der Waals surface area contributed by atoms with Crippen LogP contribution in [-0.4, -0.2) is 34.8 Å². The summed E-state index contributed by atoms with van der Waals surface area (Å²) in [5, 5.41) is 9.69. The molecule has 1 aliphatic rings. The van der Waals surface area contributed by atoms with E-state index in [1.165, 1.54) is 0 Å². The Labute approximate surface area is 135 Å². The number of hydrogen-bond donors (Lipinski definition) is 1. The standard InChI is InChI=1S/C17H22N2O4/c1-17(2,16(20)21)19-12-9-14(23-4)13(22-3)8-11(12)18-15(19)10-6-5-7-10/h8-10H,5-7H2,1-4H3,(H,20,21). The Bertz CT molecular complexity index is 760. The van der Waals surface area contributed by atoms with Crippen molar-refractivity contribution in [3.8, 4) is 11.5 Å². The Morgan fingerprint density at radius 2 is 1.87 bits per heavy atom. The molecule has 1 N–H and O–H groups in total. The summed E-state index contributed by atoms with van der Waals surface area (Å²) < 4.78 is 12.5. The number of benzene rings is 1. The Hall–Kier alpha value is -2.24. The van der Waals surface area contributed by atoms with Crippen molar-refractivity contribution in [3.63, 3.8) is 0 Å². The number of aliphatic carboxylic acids is 1. The monoisotopic (exact) mass is 318 g/mol. The van der Waals surface area contributed by atoms with Crippen LogP contribution >= 0.6 is 0 Å². The third kappa shape index (κ3) is 2.33. The number of rotatable bonds is 5. The van der Waals surface area contributed by atoms with E-state index in [4.69, 9.17) is 14.5 Å². The third-order valence-corrected chi connectivity index (χ3v) is 4.74. The number of methoxy groups -OCH3 is 2. The molecule has 0 saturated heterocycles. The second kappa shape index (κ2) is 5.44. The van der Waals surface area contributed by atoms with Crippen LogP contribution in [0.2, 0.25) is 0 Å². The number of hydrogen-bond acceptors (Lipinski definition) is 4. The first-order chi connectivity index (χ1) is 10.9. The molecule has 1 aliphatic carbocycles. The molecule has 0 bridgehead atoms. The number of imidazole rings is 1. The van der Waals surface area contributed by atoms with Crippen molar-refractivity contribution in [3.05, 3.63) is 18.0 Å². The number of fused-ring (bicyclic) bond motifs is 1. The molecule has 2 aromatic rings. The number of ether oxygens (including phenoxy) is 2. The summed E-state index contributed by atoms with van der Waals surface area (Å²) in [6, 6.07) is 3.62. The Balaban J connectivity index is 2.30. The largest absolute Gasteiger partial charge is 0.493 e. The molecule has 0 aliphatic heterocycles. The topological polar surface area (TPSA) is 73.6 Å². The van der Waals surface area contributed by atoms with Crippen LogP contribution in [0.3, 0.4) is 0 Å². The van der Waals surface area contributed by atoms with Crippen LogP contribution in [0.15, 0.2) is 12.1 Å². The fourth-order valence-electron chi connectivity index (χ4n) is 3.05. The van der Waals surface area contributed by atoms with Crippen LogP contribution in [0.5, 0.6) is 11.5 Å². The molecular formula is C17H22N2O4. The molecule has 1 aromatic carbocycles. The lowest BCUT2D eigenvalue weighted by atomic mass is 9.84. The van der Waals surface area contributed by atoms with Gasteiger partial charge in [0.05, 0.1) is 25.3 Å². The number of carboxylic acids is 1. The first-order valence-electron chi connectivity index (χ1n) is 7.78. The molecule has 0 spiro atoms. The summed E-state index contributed by atoms with van der Waals surface area (Å²) in [7, 11) is 3.15. The molecule has 6 heteroatoms. The van der Waals surface area contributed by atoms with E-state index in [0.29, 0.717) is 17.4 Å². The van der Waals surface area contributed by atoms with Gasteiger partial charge in [0.1, 0.15) is 11.4 Å². The molecule has 0 amide bonds. The van der Waals surface area contributed by atoms with Crippen LogP contribution in [0, 0.1) is 0 Å². The number of carbonyl (C=O) groups is 1. The third-order valence-electron chi connectivity index (χ3n) is 4.74. The van der Waals surface area contributed by atoms with Crippen molar-refractivity contribution in [2.45, 2.75) is 44.6 Å². The van der Waals surface area contributed by atoms with E-state index >= 15 is 0 Å². The van der Waals surface area contributed by atoms with E-state index in [0.717, 1.165) is 36.1 Å². The van der Waals surface area contributed by atoms with Crippen LogP contribution in [0.1, 0.15) is 44.9 Å². The van der Waals surface area contributed by atoms with Crippen LogP contribution < -0.4 is 9.47 Å². The van der Waals surface area contributed by atoms with Gasteiger partial charge in [0.25, 0.3) is 0 Å². The van der Waals surface area contributed by atoms with Gasteiger partial charge in [0.15, 0.2) is 11.5 Å². The average Bonchev–Trinajstić information content (AvgIpc) is 2.81. The van der Waals surface area contributed by atoms with Gasteiger partial charge in [-0.25, -0.2) is 9.78 Å². The fraction of sp³-hybridized carbons (Fsp3) is 0.529. The second-order valence-corrected chi connectivity index (χ2v) is 6.49. The van der Waals surface area contributed by atoms with E-state index in [9.17, 15) is 9.90 Å². The highest BCUT2D eigenvalue weighted by atomic mass is 16.5. The van der Waals surface area contributed by atoms with Crippen molar-refractivity contribution >= 4 is 17.0 Å². The Morgan fingerprint density at radius 1 is 1.26 bits per heavy atom. The number of nitrogens with zero attached hydrogens (tertiary/aromatic N) is 2. The molecular weight excluding hydrogens is 296 g/mol. The van der Waals surface area contributed by atoms with Crippen molar-refractivity contribution < 1.29 is 19.4 Å². The SMILES string of the molecule is COc1cc2nc(C3CCC3)n(C(C)(C)C(=O)O)c2cc1OC. The van der Waals surface area contributed by atoms with Gasteiger partial charge in [0.2, 0.25) is 0 Å². The summed E-state index contributed by atoms with van der Waals surface area (Å²) in [5.74, 6) is 1.44. The summed E-state index contributed by atoms with van der Waals surface area (Å²) in [6.07, 6.45) is 3.26. The molecule has 0 unspecified atom stereocenters. The van der Waals surface area contributed by atoms with Crippen molar-refractivity contribution in [1.29, 1.82) is 0 Å². The Kier molecular flexibility index (Phi) is 3.70. The maximum atomic E-state index is 11.8. The highest BCUT2D eigenvalue weighted by molar-refractivity contribution is 5.85. The normalized spacial score (nSPS) is 15.5.